The lowest BCUT2D eigenvalue weighted by atomic mass is 9.95. The summed E-state index contributed by atoms with van der Waals surface area (Å²) in [4.78, 5) is 9.31. The minimum absolute atomic E-state index is 0.182. The SMILES string of the molecule is C=C(c1ccc(CC)cc1F)N1CC2CN(c3cc(C)c(C#N)c(C)n3)CC2C1C. The number of fused-ring (bicyclic) bond motifs is 1. The molecule has 1 aromatic heterocycles. The molecule has 3 unspecified atom stereocenters. The van der Waals surface area contributed by atoms with Crippen LogP contribution in [0.25, 0.3) is 5.70 Å². The second-order valence-corrected chi connectivity index (χ2v) is 8.71. The molecule has 2 saturated heterocycles. The van der Waals surface area contributed by atoms with Crippen LogP contribution in [0.1, 0.15) is 41.8 Å². The van der Waals surface area contributed by atoms with Crippen molar-refractivity contribution in [3.8, 4) is 6.07 Å². The Bertz CT molecular complexity index is 1010. The molecule has 30 heavy (non-hydrogen) atoms. The van der Waals surface area contributed by atoms with Crippen LogP contribution in [0.2, 0.25) is 0 Å². The molecule has 156 valence electrons. The van der Waals surface area contributed by atoms with Crippen molar-refractivity contribution in [2.45, 2.75) is 40.2 Å². The molecule has 3 heterocycles. The van der Waals surface area contributed by atoms with E-state index in [-0.39, 0.29) is 5.82 Å². The summed E-state index contributed by atoms with van der Waals surface area (Å²) in [6.07, 6.45) is 0.826. The van der Waals surface area contributed by atoms with Gasteiger partial charge in [0.05, 0.1) is 11.3 Å². The first-order chi connectivity index (χ1) is 14.3. The molecular weight excluding hydrogens is 375 g/mol. The zero-order chi connectivity index (χ0) is 21.6. The molecule has 1 aromatic carbocycles. The monoisotopic (exact) mass is 404 g/mol. The van der Waals surface area contributed by atoms with Crippen molar-refractivity contribution in [2.24, 2.45) is 11.8 Å². The van der Waals surface area contributed by atoms with Crippen molar-refractivity contribution in [2.75, 3.05) is 24.5 Å². The maximum Gasteiger partial charge on any atom is 0.132 e. The van der Waals surface area contributed by atoms with Gasteiger partial charge in [0.2, 0.25) is 0 Å². The van der Waals surface area contributed by atoms with Crippen LogP contribution in [-0.4, -0.2) is 35.6 Å². The van der Waals surface area contributed by atoms with Gasteiger partial charge >= 0.3 is 0 Å². The zero-order valence-corrected chi connectivity index (χ0v) is 18.2. The largest absolute Gasteiger partial charge is 0.368 e. The van der Waals surface area contributed by atoms with E-state index in [1.54, 1.807) is 6.07 Å². The summed E-state index contributed by atoms with van der Waals surface area (Å²) in [6.45, 7) is 15.1. The fourth-order valence-corrected chi connectivity index (χ4v) is 5.14. The van der Waals surface area contributed by atoms with E-state index >= 15 is 0 Å². The van der Waals surface area contributed by atoms with Gasteiger partial charge in [0.1, 0.15) is 17.7 Å². The lowest BCUT2D eigenvalue weighted by Gasteiger charge is -2.31. The summed E-state index contributed by atoms with van der Waals surface area (Å²) in [5.74, 6) is 1.75. The molecule has 2 aromatic rings. The normalized spacial score (nSPS) is 22.9. The third-order valence-corrected chi connectivity index (χ3v) is 6.95. The molecule has 0 bridgehead atoms. The minimum atomic E-state index is -0.182. The summed E-state index contributed by atoms with van der Waals surface area (Å²) in [5.41, 5.74) is 4.84. The summed E-state index contributed by atoms with van der Waals surface area (Å²) >= 11 is 0. The van der Waals surface area contributed by atoms with Crippen molar-refractivity contribution >= 4 is 11.5 Å². The smallest absolute Gasteiger partial charge is 0.132 e. The molecule has 4 nitrogen and oxygen atoms in total. The first-order valence-electron chi connectivity index (χ1n) is 10.7. The molecule has 0 saturated carbocycles. The predicted molar refractivity (Wildman–Crippen MR) is 119 cm³/mol. The highest BCUT2D eigenvalue weighted by Gasteiger charge is 2.45. The predicted octanol–water partition coefficient (Wildman–Crippen LogP) is 4.70. The highest BCUT2D eigenvalue weighted by Crippen LogP contribution is 2.41. The molecular formula is C25H29FN4. The number of benzene rings is 1. The van der Waals surface area contributed by atoms with Crippen LogP contribution in [-0.2, 0) is 6.42 Å². The molecule has 0 spiro atoms. The molecule has 0 N–H and O–H groups in total. The standard InChI is InChI=1S/C25H29FN4/c1-6-19-7-8-21(24(26)10-19)17(4)30-13-20-12-29(14-23(20)18(30)5)25-9-15(2)22(11-27)16(3)28-25/h7-10,18,20,23H,4,6,12-14H2,1-3,5H3. The number of hydrogen-bond acceptors (Lipinski definition) is 4. The highest BCUT2D eigenvalue weighted by molar-refractivity contribution is 5.64. The second-order valence-electron chi connectivity index (χ2n) is 8.71. The van der Waals surface area contributed by atoms with Gasteiger partial charge in [-0.3, -0.25) is 0 Å². The number of nitrogens with zero attached hydrogens (tertiary/aromatic N) is 4. The van der Waals surface area contributed by atoms with Gasteiger partial charge in [-0.1, -0.05) is 19.6 Å². The molecule has 4 rings (SSSR count). The number of halogens is 1. The molecule has 2 aliphatic rings. The highest BCUT2D eigenvalue weighted by atomic mass is 19.1. The average molecular weight is 405 g/mol. The number of pyridine rings is 1. The molecule has 0 amide bonds. The first-order valence-corrected chi connectivity index (χ1v) is 10.7. The maximum atomic E-state index is 14.7. The molecule has 2 aliphatic heterocycles. The van der Waals surface area contributed by atoms with Crippen molar-refractivity contribution in [1.29, 1.82) is 5.26 Å². The fraction of sp³-hybridized carbons (Fsp3) is 0.440. The van der Waals surface area contributed by atoms with Crippen LogP contribution in [0, 0.1) is 42.8 Å². The van der Waals surface area contributed by atoms with E-state index in [9.17, 15) is 9.65 Å². The fourth-order valence-electron chi connectivity index (χ4n) is 5.14. The van der Waals surface area contributed by atoms with Crippen LogP contribution in [0.5, 0.6) is 0 Å². The Balaban J connectivity index is 1.50. The second kappa shape index (κ2) is 7.75. The molecule has 0 radical (unpaired) electrons. The summed E-state index contributed by atoms with van der Waals surface area (Å²) in [7, 11) is 0. The maximum absolute atomic E-state index is 14.7. The quantitative estimate of drug-likeness (QED) is 0.741. The van der Waals surface area contributed by atoms with Crippen molar-refractivity contribution in [1.82, 2.24) is 9.88 Å². The molecule has 0 aliphatic carbocycles. The van der Waals surface area contributed by atoms with Crippen molar-refractivity contribution in [3.05, 3.63) is 64.6 Å². The van der Waals surface area contributed by atoms with Gasteiger partial charge in [0.25, 0.3) is 0 Å². The van der Waals surface area contributed by atoms with Gasteiger partial charge in [-0.2, -0.15) is 5.26 Å². The van der Waals surface area contributed by atoms with Gasteiger partial charge in [-0.05, 0) is 56.5 Å². The Hall–Kier alpha value is -2.87. The lowest BCUT2D eigenvalue weighted by Crippen LogP contribution is -2.34. The van der Waals surface area contributed by atoms with E-state index in [1.807, 2.05) is 39.0 Å². The van der Waals surface area contributed by atoms with Crippen LogP contribution in [0.4, 0.5) is 10.2 Å². The Labute approximate surface area is 178 Å². The van der Waals surface area contributed by atoms with Gasteiger partial charge in [-0.15, -0.1) is 0 Å². The van der Waals surface area contributed by atoms with E-state index in [2.05, 4.69) is 29.4 Å². The van der Waals surface area contributed by atoms with Crippen LogP contribution >= 0.6 is 0 Å². The Morgan fingerprint density at radius 2 is 2.03 bits per heavy atom. The van der Waals surface area contributed by atoms with Gasteiger partial charge < -0.3 is 9.80 Å². The number of aryl methyl sites for hydroxylation is 3. The van der Waals surface area contributed by atoms with Crippen LogP contribution in [0.15, 0.2) is 30.8 Å². The van der Waals surface area contributed by atoms with E-state index in [0.717, 1.165) is 54.4 Å². The van der Waals surface area contributed by atoms with E-state index in [0.29, 0.717) is 29.0 Å². The van der Waals surface area contributed by atoms with Gasteiger partial charge in [0, 0.05) is 48.8 Å². The number of likely N-dealkylation sites (tertiary alicyclic amines) is 1. The van der Waals surface area contributed by atoms with Crippen molar-refractivity contribution in [3.63, 3.8) is 0 Å². The molecule has 2 fully saturated rings. The molecule has 3 atom stereocenters. The number of nitriles is 1. The topological polar surface area (TPSA) is 43.2 Å². The minimum Gasteiger partial charge on any atom is -0.368 e. The van der Waals surface area contributed by atoms with Crippen LogP contribution < -0.4 is 4.90 Å². The van der Waals surface area contributed by atoms with Gasteiger partial charge in [-0.25, -0.2) is 9.37 Å². The van der Waals surface area contributed by atoms with E-state index < -0.39 is 0 Å². The summed E-state index contributed by atoms with van der Waals surface area (Å²) in [6, 6.07) is 10.1. The molecule has 5 heteroatoms. The lowest BCUT2D eigenvalue weighted by molar-refractivity contribution is 0.345. The van der Waals surface area contributed by atoms with Crippen molar-refractivity contribution < 1.29 is 4.39 Å². The number of aromatic nitrogens is 1. The number of rotatable bonds is 4. The third-order valence-electron chi connectivity index (χ3n) is 6.95. The summed E-state index contributed by atoms with van der Waals surface area (Å²) < 4.78 is 14.7. The van der Waals surface area contributed by atoms with E-state index in [4.69, 9.17) is 4.98 Å². The Morgan fingerprint density at radius 3 is 2.63 bits per heavy atom. The first kappa shape index (κ1) is 20.4. The van der Waals surface area contributed by atoms with Crippen LogP contribution in [0.3, 0.4) is 0 Å². The summed E-state index contributed by atoms with van der Waals surface area (Å²) in [5, 5.41) is 9.30. The number of anilines is 1. The Morgan fingerprint density at radius 1 is 1.27 bits per heavy atom. The third kappa shape index (κ3) is 3.35. The van der Waals surface area contributed by atoms with Gasteiger partial charge in [0.15, 0.2) is 0 Å². The Kier molecular flexibility index (Phi) is 5.27. The average Bonchev–Trinajstić information content (AvgIpc) is 3.26. The zero-order valence-electron chi connectivity index (χ0n) is 18.2. The number of hydrogen-bond donors (Lipinski definition) is 0. The van der Waals surface area contributed by atoms with E-state index in [1.165, 1.54) is 0 Å².